The van der Waals surface area contributed by atoms with Crippen LogP contribution in [0, 0.1) is 0 Å². The number of hydrogen-bond acceptors (Lipinski definition) is 0. The molecular formula is C12H8Si-. The fourth-order valence-corrected chi connectivity index (χ4v) is 3.15. The topological polar surface area (TPSA) is 0 Å². The zero-order chi connectivity index (χ0) is 8.67. The summed E-state index contributed by atoms with van der Waals surface area (Å²) in [6.07, 6.45) is 0. The van der Waals surface area contributed by atoms with Gasteiger partial charge in [0.1, 0.15) is 0 Å². The maximum absolute atomic E-state index is 2.23. The minimum absolute atomic E-state index is 0.851. The number of rotatable bonds is 0. The fourth-order valence-electron chi connectivity index (χ4n) is 1.80. The van der Waals surface area contributed by atoms with Gasteiger partial charge in [-0.25, -0.2) is 10.4 Å². The Morgan fingerprint density at radius 3 is 1.62 bits per heavy atom. The average Bonchev–Trinajstić information content (AvgIpc) is 2.56. The van der Waals surface area contributed by atoms with Crippen molar-refractivity contribution in [3.63, 3.8) is 0 Å². The molecule has 0 fully saturated rings. The van der Waals surface area contributed by atoms with Crippen LogP contribution in [0.3, 0.4) is 0 Å². The molecule has 1 aliphatic rings. The molecule has 1 radical (unpaired) electrons. The summed E-state index contributed by atoms with van der Waals surface area (Å²) in [4.78, 5) is 0. The van der Waals surface area contributed by atoms with E-state index >= 15 is 0 Å². The third-order valence-electron chi connectivity index (χ3n) is 2.41. The molecule has 61 valence electrons. The molecule has 0 spiro atoms. The van der Waals surface area contributed by atoms with Gasteiger partial charge in [0.15, 0.2) is 0 Å². The van der Waals surface area contributed by atoms with Gasteiger partial charge in [-0.15, -0.1) is 0 Å². The van der Waals surface area contributed by atoms with Crippen LogP contribution in [-0.4, -0.2) is 9.52 Å². The maximum atomic E-state index is 2.23. The molecule has 0 amide bonds. The van der Waals surface area contributed by atoms with E-state index in [1.807, 2.05) is 0 Å². The zero-order valence-electron chi connectivity index (χ0n) is 7.12. The molecule has 0 aromatic heterocycles. The van der Waals surface area contributed by atoms with Crippen molar-refractivity contribution in [2.24, 2.45) is 0 Å². The second-order valence-corrected chi connectivity index (χ2v) is 4.54. The van der Waals surface area contributed by atoms with Gasteiger partial charge in [0, 0.05) is 0 Å². The Bertz CT molecular complexity index is 417. The Morgan fingerprint density at radius 2 is 1.08 bits per heavy atom. The van der Waals surface area contributed by atoms with Gasteiger partial charge >= 0.3 is 0 Å². The summed E-state index contributed by atoms with van der Waals surface area (Å²) in [6.45, 7) is 0. The summed E-state index contributed by atoms with van der Waals surface area (Å²) in [6, 6.07) is 17.4. The third-order valence-corrected chi connectivity index (χ3v) is 3.82. The zero-order valence-corrected chi connectivity index (χ0v) is 8.12. The molecule has 0 N–H and O–H groups in total. The smallest absolute Gasteiger partial charge is 0.0540 e. The predicted molar refractivity (Wildman–Crippen MR) is 56.9 cm³/mol. The van der Waals surface area contributed by atoms with E-state index in [1.165, 1.54) is 21.5 Å². The van der Waals surface area contributed by atoms with E-state index in [0.29, 0.717) is 0 Å². The number of hydrogen-bond donors (Lipinski definition) is 0. The van der Waals surface area contributed by atoms with E-state index in [-0.39, 0.29) is 0 Å². The van der Waals surface area contributed by atoms with Gasteiger partial charge in [-0.3, -0.25) is 0 Å². The molecular weight excluding hydrogens is 172 g/mol. The number of fused-ring (bicyclic) bond motifs is 3. The largest absolute Gasteiger partial charge is 0.395 e. The van der Waals surface area contributed by atoms with E-state index in [1.54, 1.807) is 0 Å². The summed E-state index contributed by atoms with van der Waals surface area (Å²) in [5.74, 6) is 0. The van der Waals surface area contributed by atoms with Gasteiger partial charge < -0.3 is 9.52 Å². The van der Waals surface area contributed by atoms with E-state index in [0.717, 1.165) is 9.52 Å². The molecule has 0 aliphatic carbocycles. The van der Waals surface area contributed by atoms with Crippen LogP contribution in [0.1, 0.15) is 0 Å². The summed E-state index contributed by atoms with van der Waals surface area (Å²) in [5, 5.41) is 2.98. The second-order valence-electron chi connectivity index (χ2n) is 3.22. The highest BCUT2D eigenvalue weighted by Gasteiger charge is 2.04. The highest BCUT2D eigenvalue weighted by molar-refractivity contribution is 6.73. The van der Waals surface area contributed by atoms with Crippen molar-refractivity contribution < 1.29 is 0 Å². The third kappa shape index (κ3) is 0.973. The summed E-state index contributed by atoms with van der Waals surface area (Å²) < 4.78 is 0. The van der Waals surface area contributed by atoms with Crippen LogP contribution in [0.4, 0.5) is 0 Å². The molecule has 1 heterocycles. The van der Waals surface area contributed by atoms with E-state index in [4.69, 9.17) is 0 Å². The van der Waals surface area contributed by atoms with Crippen LogP contribution in [-0.2, 0) is 0 Å². The van der Waals surface area contributed by atoms with Crippen molar-refractivity contribution in [1.29, 1.82) is 0 Å². The van der Waals surface area contributed by atoms with Crippen molar-refractivity contribution in [2.75, 3.05) is 0 Å². The predicted octanol–water partition coefficient (Wildman–Crippen LogP) is 1.32. The first-order valence-electron chi connectivity index (χ1n) is 4.40. The average molecular weight is 180 g/mol. The molecule has 1 aliphatic heterocycles. The molecule has 0 atom stereocenters. The SMILES string of the molecule is c1ccc2c(c1)[Si-]c1ccccc1-2. The Labute approximate surface area is 80.1 Å². The first-order valence-corrected chi connectivity index (χ1v) is 5.40. The summed E-state index contributed by atoms with van der Waals surface area (Å²) in [7, 11) is 0.851. The fraction of sp³-hybridized carbons (Fsp3) is 0. The van der Waals surface area contributed by atoms with E-state index in [2.05, 4.69) is 48.5 Å². The molecule has 0 saturated heterocycles. The monoisotopic (exact) mass is 180 g/mol. The molecule has 3 rings (SSSR count). The number of benzene rings is 2. The minimum atomic E-state index is 0.851. The van der Waals surface area contributed by atoms with Crippen molar-refractivity contribution in [3.8, 4) is 11.1 Å². The van der Waals surface area contributed by atoms with Crippen LogP contribution in [0.2, 0.25) is 0 Å². The van der Waals surface area contributed by atoms with Crippen molar-refractivity contribution in [1.82, 2.24) is 0 Å². The van der Waals surface area contributed by atoms with Gasteiger partial charge in [0.2, 0.25) is 0 Å². The van der Waals surface area contributed by atoms with Gasteiger partial charge in [-0.1, -0.05) is 59.7 Å². The van der Waals surface area contributed by atoms with Crippen LogP contribution in [0.5, 0.6) is 0 Å². The lowest BCUT2D eigenvalue weighted by Gasteiger charge is -2.09. The first kappa shape index (κ1) is 7.10. The van der Waals surface area contributed by atoms with Crippen molar-refractivity contribution >= 4 is 19.9 Å². The Morgan fingerprint density at radius 1 is 0.615 bits per heavy atom. The van der Waals surface area contributed by atoms with E-state index in [9.17, 15) is 0 Å². The molecule has 2 aromatic rings. The second kappa shape index (κ2) is 2.57. The van der Waals surface area contributed by atoms with Gasteiger partial charge in [-0.2, -0.15) is 0 Å². The molecule has 0 bridgehead atoms. The van der Waals surface area contributed by atoms with Gasteiger partial charge in [-0.05, 0) is 0 Å². The lowest BCUT2D eigenvalue weighted by atomic mass is 10.1. The van der Waals surface area contributed by atoms with Gasteiger partial charge in [0.25, 0.3) is 0 Å². The van der Waals surface area contributed by atoms with Crippen LogP contribution in [0.15, 0.2) is 48.5 Å². The first-order chi connectivity index (χ1) is 6.45. The highest BCUT2D eigenvalue weighted by Crippen LogP contribution is 2.18. The molecule has 0 unspecified atom stereocenters. The van der Waals surface area contributed by atoms with Crippen LogP contribution >= 0.6 is 0 Å². The lowest BCUT2D eigenvalue weighted by Crippen LogP contribution is -2.20. The minimum Gasteiger partial charge on any atom is -0.395 e. The normalized spacial score (nSPS) is 11.7. The standard InChI is InChI=1S/C12H8Si/c1-3-7-11-9(5-1)10-6-2-4-8-12(10)13-11/h1-8H/q-1. The lowest BCUT2D eigenvalue weighted by molar-refractivity contribution is 1.71. The molecule has 13 heavy (non-hydrogen) atoms. The summed E-state index contributed by atoms with van der Waals surface area (Å²) >= 11 is 0. The Hall–Kier alpha value is -1.34. The Kier molecular flexibility index (Phi) is 1.40. The van der Waals surface area contributed by atoms with Gasteiger partial charge in [0.05, 0.1) is 0 Å². The van der Waals surface area contributed by atoms with E-state index < -0.39 is 0 Å². The highest BCUT2D eigenvalue weighted by atomic mass is 28.2. The van der Waals surface area contributed by atoms with Crippen LogP contribution in [0.25, 0.3) is 11.1 Å². The molecule has 0 saturated carbocycles. The Balaban J connectivity index is 2.32. The van der Waals surface area contributed by atoms with Crippen LogP contribution < -0.4 is 10.4 Å². The van der Waals surface area contributed by atoms with Crippen molar-refractivity contribution in [3.05, 3.63) is 48.5 Å². The molecule has 2 aromatic carbocycles. The maximum Gasteiger partial charge on any atom is -0.0540 e. The van der Waals surface area contributed by atoms with Crippen molar-refractivity contribution in [2.45, 2.75) is 0 Å². The molecule has 1 heteroatoms. The summed E-state index contributed by atoms with van der Waals surface area (Å²) in [5.41, 5.74) is 2.85. The quantitative estimate of drug-likeness (QED) is 0.458. The molecule has 0 nitrogen and oxygen atoms in total.